The number of halogens is 1. The molecule has 1 aromatic carbocycles. The van der Waals surface area contributed by atoms with E-state index < -0.39 is 0 Å². The summed E-state index contributed by atoms with van der Waals surface area (Å²) in [6, 6.07) is 4.22. The van der Waals surface area contributed by atoms with Gasteiger partial charge < -0.3 is 0 Å². The van der Waals surface area contributed by atoms with Crippen molar-refractivity contribution in [3.8, 4) is 0 Å². The Kier molecular flexibility index (Phi) is 4.41. The second kappa shape index (κ2) is 5.17. The number of thioether (sulfide) groups is 1. The highest BCUT2D eigenvalue weighted by Gasteiger charge is 2.10. The van der Waals surface area contributed by atoms with E-state index in [-0.39, 0.29) is 11.0 Å². The summed E-state index contributed by atoms with van der Waals surface area (Å²) in [6.07, 6.45) is 0. The van der Waals surface area contributed by atoms with Crippen LogP contribution < -0.4 is 0 Å². The first kappa shape index (κ1) is 12.8. The van der Waals surface area contributed by atoms with Gasteiger partial charge in [0.05, 0.1) is 5.25 Å². The standard InChI is InChI=1S/C12H15BrOS/c1-7-5-11(6-8(2)12(7)13)15-10(4)9(3)14/h5-6,10H,1-4H3. The van der Waals surface area contributed by atoms with E-state index in [9.17, 15) is 4.79 Å². The first-order chi connectivity index (χ1) is 6.91. The quantitative estimate of drug-likeness (QED) is 0.777. The van der Waals surface area contributed by atoms with Gasteiger partial charge in [-0.3, -0.25) is 4.79 Å². The van der Waals surface area contributed by atoms with Gasteiger partial charge in [0.1, 0.15) is 5.78 Å². The minimum absolute atomic E-state index is 0.0324. The van der Waals surface area contributed by atoms with Gasteiger partial charge in [0.25, 0.3) is 0 Å². The van der Waals surface area contributed by atoms with Crippen molar-refractivity contribution < 1.29 is 4.79 Å². The molecule has 1 aromatic rings. The Hall–Kier alpha value is -0.280. The molecule has 0 saturated carbocycles. The Labute approximate surface area is 104 Å². The van der Waals surface area contributed by atoms with Crippen LogP contribution in [0.15, 0.2) is 21.5 Å². The fraction of sp³-hybridized carbons (Fsp3) is 0.417. The zero-order valence-electron chi connectivity index (χ0n) is 9.43. The van der Waals surface area contributed by atoms with E-state index in [1.54, 1.807) is 18.7 Å². The van der Waals surface area contributed by atoms with Gasteiger partial charge in [-0.1, -0.05) is 15.9 Å². The van der Waals surface area contributed by atoms with Crippen molar-refractivity contribution in [2.24, 2.45) is 0 Å². The summed E-state index contributed by atoms with van der Waals surface area (Å²) >= 11 is 5.15. The largest absolute Gasteiger partial charge is 0.299 e. The lowest BCUT2D eigenvalue weighted by atomic mass is 10.2. The number of carbonyl (C=O) groups excluding carboxylic acids is 1. The Morgan fingerprint density at radius 3 is 2.20 bits per heavy atom. The van der Waals surface area contributed by atoms with Gasteiger partial charge in [-0.25, -0.2) is 0 Å². The Balaban J connectivity index is 2.92. The number of Topliss-reactive ketones (excluding diaryl/α,β-unsaturated/α-hetero) is 1. The zero-order valence-corrected chi connectivity index (χ0v) is 11.8. The van der Waals surface area contributed by atoms with Crippen LogP contribution >= 0.6 is 27.7 Å². The van der Waals surface area contributed by atoms with Gasteiger partial charge in [0, 0.05) is 9.37 Å². The Morgan fingerprint density at radius 2 is 1.80 bits per heavy atom. The number of aryl methyl sites for hydroxylation is 2. The first-order valence-electron chi connectivity index (χ1n) is 4.85. The molecule has 0 N–H and O–H groups in total. The van der Waals surface area contributed by atoms with Gasteiger partial charge in [0.15, 0.2) is 0 Å². The lowest BCUT2D eigenvalue weighted by molar-refractivity contribution is -0.116. The number of ketones is 1. The molecule has 1 atom stereocenters. The van der Waals surface area contributed by atoms with Crippen LogP contribution in [0.1, 0.15) is 25.0 Å². The van der Waals surface area contributed by atoms with E-state index in [0.29, 0.717) is 0 Å². The monoisotopic (exact) mass is 286 g/mol. The molecule has 1 nitrogen and oxygen atoms in total. The number of hydrogen-bond donors (Lipinski definition) is 0. The summed E-state index contributed by atoms with van der Waals surface area (Å²) in [5.41, 5.74) is 2.43. The third-order valence-electron chi connectivity index (χ3n) is 2.30. The maximum Gasteiger partial charge on any atom is 0.142 e. The smallest absolute Gasteiger partial charge is 0.142 e. The molecule has 0 heterocycles. The molecule has 1 unspecified atom stereocenters. The topological polar surface area (TPSA) is 17.1 Å². The van der Waals surface area contributed by atoms with Crippen LogP contribution in [0.2, 0.25) is 0 Å². The zero-order chi connectivity index (χ0) is 11.6. The van der Waals surface area contributed by atoms with Crippen LogP contribution in [0.4, 0.5) is 0 Å². The molecule has 0 aromatic heterocycles. The van der Waals surface area contributed by atoms with Crippen LogP contribution in [0.5, 0.6) is 0 Å². The van der Waals surface area contributed by atoms with Crippen LogP contribution in [0, 0.1) is 13.8 Å². The van der Waals surface area contributed by atoms with Crippen LogP contribution in [0.3, 0.4) is 0 Å². The summed E-state index contributed by atoms with van der Waals surface area (Å²) in [5, 5.41) is 0.0324. The van der Waals surface area contributed by atoms with Crippen LogP contribution in [-0.2, 0) is 4.79 Å². The maximum atomic E-state index is 11.2. The minimum Gasteiger partial charge on any atom is -0.299 e. The predicted octanol–water partition coefficient (Wildman–Crippen LogP) is 4.14. The maximum absolute atomic E-state index is 11.2. The molecule has 15 heavy (non-hydrogen) atoms. The molecule has 0 aliphatic carbocycles. The number of rotatable bonds is 3. The molecule has 82 valence electrons. The van der Waals surface area contributed by atoms with E-state index >= 15 is 0 Å². The number of hydrogen-bond acceptors (Lipinski definition) is 2. The molecule has 3 heteroatoms. The number of benzene rings is 1. The molecular weight excluding hydrogens is 272 g/mol. The van der Waals surface area contributed by atoms with E-state index in [2.05, 4.69) is 41.9 Å². The Bertz CT molecular complexity index is 364. The normalized spacial score (nSPS) is 12.6. The summed E-state index contributed by atoms with van der Waals surface area (Å²) in [5.74, 6) is 0.221. The van der Waals surface area contributed by atoms with Crippen molar-refractivity contribution >= 4 is 33.5 Å². The highest BCUT2D eigenvalue weighted by atomic mass is 79.9. The van der Waals surface area contributed by atoms with Crippen molar-refractivity contribution in [1.29, 1.82) is 0 Å². The van der Waals surface area contributed by atoms with Crippen molar-refractivity contribution in [2.75, 3.05) is 0 Å². The van der Waals surface area contributed by atoms with E-state index in [1.165, 1.54) is 11.1 Å². The highest BCUT2D eigenvalue weighted by molar-refractivity contribution is 9.10. The van der Waals surface area contributed by atoms with Crippen molar-refractivity contribution in [1.82, 2.24) is 0 Å². The molecular formula is C12H15BrOS. The van der Waals surface area contributed by atoms with Crippen molar-refractivity contribution in [3.63, 3.8) is 0 Å². The molecule has 0 aliphatic heterocycles. The van der Waals surface area contributed by atoms with Crippen molar-refractivity contribution in [3.05, 3.63) is 27.7 Å². The summed E-state index contributed by atoms with van der Waals surface area (Å²) in [6.45, 7) is 7.72. The molecule has 0 radical (unpaired) electrons. The van der Waals surface area contributed by atoms with Gasteiger partial charge in [-0.15, -0.1) is 11.8 Å². The average molecular weight is 287 g/mol. The fourth-order valence-corrected chi connectivity index (χ4v) is 2.55. The van der Waals surface area contributed by atoms with E-state index in [1.807, 2.05) is 6.92 Å². The third kappa shape index (κ3) is 3.35. The van der Waals surface area contributed by atoms with E-state index in [4.69, 9.17) is 0 Å². The van der Waals surface area contributed by atoms with Gasteiger partial charge in [-0.2, -0.15) is 0 Å². The lowest BCUT2D eigenvalue weighted by Gasteiger charge is -2.10. The van der Waals surface area contributed by atoms with Gasteiger partial charge >= 0.3 is 0 Å². The highest BCUT2D eigenvalue weighted by Crippen LogP contribution is 2.30. The molecule has 0 amide bonds. The molecule has 0 bridgehead atoms. The molecule has 0 fully saturated rings. The third-order valence-corrected chi connectivity index (χ3v) is 4.74. The molecule has 1 rings (SSSR count). The molecule has 0 saturated heterocycles. The predicted molar refractivity (Wildman–Crippen MR) is 69.6 cm³/mol. The van der Waals surface area contributed by atoms with E-state index in [0.717, 1.165) is 9.37 Å². The molecule has 0 aliphatic rings. The van der Waals surface area contributed by atoms with Gasteiger partial charge in [0.2, 0.25) is 0 Å². The SMILES string of the molecule is CC(=O)C(C)Sc1cc(C)c(Br)c(C)c1. The summed E-state index contributed by atoms with van der Waals surface area (Å²) < 4.78 is 1.15. The summed E-state index contributed by atoms with van der Waals surface area (Å²) in [7, 11) is 0. The summed E-state index contributed by atoms with van der Waals surface area (Å²) in [4.78, 5) is 12.3. The second-order valence-corrected chi connectivity index (χ2v) is 5.95. The van der Waals surface area contributed by atoms with Crippen LogP contribution in [0.25, 0.3) is 0 Å². The first-order valence-corrected chi connectivity index (χ1v) is 6.53. The average Bonchev–Trinajstić information content (AvgIpc) is 2.13. The molecule has 0 spiro atoms. The second-order valence-electron chi connectivity index (χ2n) is 3.74. The Morgan fingerprint density at radius 1 is 1.33 bits per heavy atom. The fourth-order valence-electron chi connectivity index (χ4n) is 1.26. The van der Waals surface area contributed by atoms with Crippen LogP contribution in [-0.4, -0.2) is 11.0 Å². The lowest BCUT2D eigenvalue weighted by Crippen LogP contribution is -2.07. The van der Waals surface area contributed by atoms with Gasteiger partial charge in [-0.05, 0) is 51.0 Å². The number of carbonyl (C=O) groups is 1. The minimum atomic E-state index is 0.0324. The van der Waals surface area contributed by atoms with Crippen molar-refractivity contribution in [2.45, 2.75) is 37.8 Å².